The van der Waals surface area contributed by atoms with Gasteiger partial charge in [0.1, 0.15) is 0 Å². The molecule has 0 unspecified atom stereocenters. The second kappa shape index (κ2) is 4.66. The van der Waals surface area contributed by atoms with Gasteiger partial charge in [-0.15, -0.1) is 0 Å². The van der Waals surface area contributed by atoms with Crippen LogP contribution in [0.25, 0.3) is 12.2 Å². The molecule has 68 valence electrons. The average molecular weight is 172 g/mol. The number of benzene rings is 1. The van der Waals surface area contributed by atoms with Gasteiger partial charge in [0.2, 0.25) is 0 Å². The Morgan fingerprint density at radius 1 is 0.923 bits per heavy atom. The molecule has 1 rings (SSSR count). The summed E-state index contributed by atoms with van der Waals surface area (Å²) < 4.78 is 0. The topological polar surface area (TPSA) is 0 Å². The predicted molar refractivity (Wildman–Crippen MR) is 60.6 cm³/mol. The summed E-state index contributed by atoms with van der Waals surface area (Å²) in [6, 6.07) is 6.38. The van der Waals surface area contributed by atoms with E-state index in [9.17, 15) is 0 Å². The first-order valence-electron chi connectivity index (χ1n) is 4.64. The lowest BCUT2D eigenvalue weighted by Crippen LogP contribution is -1.84. The SMILES string of the molecule is CC=Cc1cccc(C=CC)c1C. The van der Waals surface area contributed by atoms with E-state index in [0.717, 1.165) is 0 Å². The summed E-state index contributed by atoms with van der Waals surface area (Å²) in [5.74, 6) is 0. The Balaban J connectivity index is 3.17. The minimum absolute atomic E-state index is 1.30. The number of hydrogen-bond donors (Lipinski definition) is 0. The quantitative estimate of drug-likeness (QED) is 0.631. The number of rotatable bonds is 2. The average Bonchev–Trinajstić information content (AvgIpc) is 2.13. The molecule has 0 aliphatic carbocycles. The van der Waals surface area contributed by atoms with Crippen LogP contribution in [0, 0.1) is 6.92 Å². The van der Waals surface area contributed by atoms with E-state index in [1.165, 1.54) is 16.7 Å². The summed E-state index contributed by atoms with van der Waals surface area (Å²) >= 11 is 0. The van der Waals surface area contributed by atoms with Crippen molar-refractivity contribution >= 4 is 12.2 Å². The van der Waals surface area contributed by atoms with Gasteiger partial charge in [0, 0.05) is 0 Å². The first-order chi connectivity index (χ1) is 6.29. The third-order valence-corrected chi connectivity index (χ3v) is 2.11. The second-order valence-electron chi connectivity index (χ2n) is 3.06. The predicted octanol–water partition coefficient (Wildman–Crippen LogP) is 4.06. The maximum absolute atomic E-state index is 2.16. The Morgan fingerprint density at radius 2 is 1.38 bits per heavy atom. The number of allylic oxidation sites excluding steroid dienone is 2. The molecule has 13 heavy (non-hydrogen) atoms. The summed E-state index contributed by atoms with van der Waals surface area (Å²) in [6.45, 7) is 6.24. The van der Waals surface area contributed by atoms with Crippen LogP contribution in [0.1, 0.15) is 30.5 Å². The molecule has 0 aromatic heterocycles. The van der Waals surface area contributed by atoms with E-state index in [2.05, 4.69) is 49.4 Å². The Kier molecular flexibility index (Phi) is 3.51. The highest BCUT2D eigenvalue weighted by Gasteiger charge is 1.96. The molecule has 1 aromatic carbocycles. The molecule has 1 aromatic rings. The molecule has 0 bridgehead atoms. The molecule has 0 radical (unpaired) electrons. The second-order valence-corrected chi connectivity index (χ2v) is 3.06. The molecule has 0 aliphatic heterocycles. The fraction of sp³-hybridized carbons (Fsp3) is 0.231. The van der Waals surface area contributed by atoms with Crippen LogP contribution in [0.4, 0.5) is 0 Å². The third-order valence-electron chi connectivity index (χ3n) is 2.11. The van der Waals surface area contributed by atoms with Crippen molar-refractivity contribution in [3.05, 3.63) is 47.0 Å². The molecular formula is C13H16. The van der Waals surface area contributed by atoms with E-state index in [1.54, 1.807) is 0 Å². The van der Waals surface area contributed by atoms with Crippen molar-refractivity contribution < 1.29 is 0 Å². The van der Waals surface area contributed by atoms with Gasteiger partial charge in [0.25, 0.3) is 0 Å². The van der Waals surface area contributed by atoms with Gasteiger partial charge in [-0.05, 0) is 37.5 Å². The van der Waals surface area contributed by atoms with Crippen LogP contribution in [-0.2, 0) is 0 Å². The monoisotopic (exact) mass is 172 g/mol. The molecule has 0 nitrogen and oxygen atoms in total. The van der Waals surface area contributed by atoms with Crippen molar-refractivity contribution in [1.29, 1.82) is 0 Å². The van der Waals surface area contributed by atoms with Crippen molar-refractivity contribution in [3.63, 3.8) is 0 Å². The lowest BCUT2D eigenvalue weighted by atomic mass is 10.0. The molecule has 0 aliphatic rings. The molecular weight excluding hydrogens is 156 g/mol. The Morgan fingerprint density at radius 3 is 1.77 bits per heavy atom. The minimum Gasteiger partial charge on any atom is -0.0871 e. The molecule has 0 N–H and O–H groups in total. The molecule has 0 heterocycles. The Labute approximate surface area is 80.6 Å². The van der Waals surface area contributed by atoms with Gasteiger partial charge in [-0.3, -0.25) is 0 Å². The fourth-order valence-corrected chi connectivity index (χ4v) is 1.39. The summed E-state index contributed by atoms with van der Waals surface area (Å²) in [5, 5.41) is 0. The van der Waals surface area contributed by atoms with Crippen molar-refractivity contribution in [2.75, 3.05) is 0 Å². The van der Waals surface area contributed by atoms with E-state index in [1.807, 2.05) is 13.8 Å². The Hall–Kier alpha value is -1.30. The first kappa shape index (κ1) is 9.79. The van der Waals surface area contributed by atoms with Gasteiger partial charge in [-0.2, -0.15) is 0 Å². The lowest BCUT2D eigenvalue weighted by molar-refractivity contribution is 1.41. The van der Waals surface area contributed by atoms with Gasteiger partial charge in [0.15, 0.2) is 0 Å². The van der Waals surface area contributed by atoms with Crippen LogP contribution in [0.3, 0.4) is 0 Å². The molecule has 0 saturated carbocycles. The van der Waals surface area contributed by atoms with Crippen LogP contribution in [0.15, 0.2) is 30.4 Å². The lowest BCUT2D eigenvalue weighted by Gasteiger charge is -2.03. The highest BCUT2D eigenvalue weighted by atomic mass is 14.0. The molecule has 0 atom stereocenters. The van der Waals surface area contributed by atoms with Crippen LogP contribution in [0.2, 0.25) is 0 Å². The highest BCUT2D eigenvalue weighted by molar-refractivity contribution is 5.62. The third kappa shape index (κ3) is 2.32. The van der Waals surface area contributed by atoms with Gasteiger partial charge >= 0.3 is 0 Å². The molecule has 0 amide bonds. The molecule has 0 saturated heterocycles. The van der Waals surface area contributed by atoms with E-state index in [4.69, 9.17) is 0 Å². The summed E-state index contributed by atoms with van der Waals surface area (Å²) in [6.07, 6.45) is 8.42. The van der Waals surface area contributed by atoms with E-state index in [0.29, 0.717) is 0 Å². The van der Waals surface area contributed by atoms with Crippen molar-refractivity contribution in [2.24, 2.45) is 0 Å². The smallest absolute Gasteiger partial charge is 0.0225 e. The summed E-state index contributed by atoms with van der Waals surface area (Å²) in [5.41, 5.74) is 3.95. The van der Waals surface area contributed by atoms with Gasteiger partial charge in [-0.25, -0.2) is 0 Å². The zero-order chi connectivity index (χ0) is 9.68. The first-order valence-corrected chi connectivity index (χ1v) is 4.64. The highest BCUT2D eigenvalue weighted by Crippen LogP contribution is 2.16. The van der Waals surface area contributed by atoms with Gasteiger partial charge in [-0.1, -0.05) is 42.5 Å². The van der Waals surface area contributed by atoms with E-state index < -0.39 is 0 Å². The normalized spacial score (nSPS) is 11.6. The van der Waals surface area contributed by atoms with Gasteiger partial charge < -0.3 is 0 Å². The van der Waals surface area contributed by atoms with Crippen LogP contribution in [0.5, 0.6) is 0 Å². The standard InChI is InChI=1S/C13H16/c1-4-7-12-9-6-10-13(8-5-2)11(12)3/h4-10H,1-3H3. The summed E-state index contributed by atoms with van der Waals surface area (Å²) in [7, 11) is 0. The van der Waals surface area contributed by atoms with Crippen LogP contribution < -0.4 is 0 Å². The van der Waals surface area contributed by atoms with Gasteiger partial charge in [0.05, 0.1) is 0 Å². The maximum atomic E-state index is 2.16. The molecule has 0 heteroatoms. The van der Waals surface area contributed by atoms with Crippen LogP contribution in [-0.4, -0.2) is 0 Å². The van der Waals surface area contributed by atoms with E-state index >= 15 is 0 Å². The number of hydrogen-bond acceptors (Lipinski definition) is 0. The fourth-order valence-electron chi connectivity index (χ4n) is 1.39. The maximum Gasteiger partial charge on any atom is -0.0225 e. The Bertz CT molecular complexity index is 300. The van der Waals surface area contributed by atoms with Crippen molar-refractivity contribution in [2.45, 2.75) is 20.8 Å². The summed E-state index contributed by atoms with van der Waals surface area (Å²) in [4.78, 5) is 0. The minimum atomic E-state index is 1.30. The zero-order valence-electron chi connectivity index (χ0n) is 8.54. The van der Waals surface area contributed by atoms with Crippen molar-refractivity contribution in [3.8, 4) is 0 Å². The van der Waals surface area contributed by atoms with E-state index in [-0.39, 0.29) is 0 Å². The van der Waals surface area contributed by atoms with Crippen molar-refractivity contribution in [1.82, 2.24) is 0 Å². The zero-order valence-corrected chi connectivity index (χ0v) is 8.54. The van der Waals surface area contributed by atoms with Crippen LogP contribution >= 0.6 is 0 Å². The molecule has 0 fully saturated rings. The largest absolute Gasteiger partial charge is 0.0871 e. The molecule has 0 spiro atoms.